The Morgan fingerprint density at radius 1 is 0.286 bits per heavy atom. The summed E-state index contributed by atoms with van der Waals surface area (Å²) in [6.07, 6.45) is 0. The predicted molar refractivity (Wildman–Crippen MR) is 361 cm³/mol. The molecule has 0 aliphatic carbocycles. The van der Waals surface area contributed by atoms with Crippen LogP contribution in [0.25, 0.3) is 132 Å². The number of hydrogen-bond acceptors (Lipinski definition) is 0. The highest BCUT2D eigenvalue weighted by Gasteiger charge is 2.47. The molecule has 0 bridgehead atoms. The van der Waals surface area contributed by atoms with E-state index in [1.165, 1.54) is 176 Å². The van der Waals surface area contributed by atoms with Gasteiger partial charge < -0.3 is 18.1 Å². The van der Waals surface area contributed by atoms with Crippen LogP contribution in [0, 0.1) is 0 Å². The molecule has 14 aromatic rings. The van der Waals surface area contributed by atoms with Gasteiger partial charge in [0, 0.05) is 65.9 Å². The molecular formula is C78H66B2N4. The quantitative estimate of drug-likeness (QED) is 0.154. The van der Waals surface area contributed by atoms with Gasteiger partial charge in [0.15, 0.2) is 0 Å². The molecule has 0 fully saturated rings. The van der Waals surface area contributed by atoms with E-state index in [1.807, 2.05) is 0 Å². The zero-order valence-electron chi connectivity index (χ0n) is 50.3. The first-order valence-corrected chi connectivity index (χ1v) is 30.6. The Balaban J connectivity index is 1.00. The molecule has 18 rings (SSSR count). The van der Waals surface area contributed by atoms with Gasteiger partial charge in [0.05, 0.1) is 33.1 Å². The molecule has 4 aromatic heterocycles. The van der Waals surface area contributed by atoms with Crippen LogP contribution in [0.2, 0.25) is 0 Å². The molecule has 4 nitrogen and oxygen atoms in total. The van der Waals surface area contributed by atoms with Crippen molar-refractivity contribution in [1.29, 1.82) is 0 Å². The smallest absolute Gasteiger partial charge is 0.333 e. The van der Waals surface area contributed by atoms with Crippen molar-refractivity contribution in [2.24, 2.45) is 0 Å². The zero-order valence-corrected chi connectivity index (χ0v) is 50.3. The molecule has 0 N–H and O–H groups in total. The lowest BCUT2D eigenvalue weighted by molar-refractivity contribution is 0.568. The van der Waals surface area contributed by atoms with Gasteiger partial charge in [-0.1, -0.05) is 229 Å². The largest absolute Gasteiger partial charge is 0.374 e. The molecule has 4 aliphatic heterocycles. The fourth-order valence-corrected chi connectivity index (χ4v) is 16.2. The third kappa shape index (κ3) is 6.06. The molecule has 6 heteroatoms. The van der Waals surface area contributed by atoms with E-state index < -0.39 is 0 Å². The van der Waals surface area contributed by atoms with Gasteiger partial charge in [-0.3, -0.25) is 0 Å². The topological polar surface area (TPSA) is 19.7 Å². The van der Waals surface area contributed by atoms with Gasteiger partial charge in [-0.15, -0.1) is 0 Å². The summed E-state index contributed by atoms with van der Waals surface area (Å²) in [6.45, 7) is 28.2. The van der Waals surface area contributed by atoms with Crippen LogP contribution in [0.5, 0.6) is 0 Å². The van der Waals surface area contributed by atoms with Crippen molar-refractivity contribution >= 4 is 112 Å². The maximum atomic E-state index is 2.83. The Bertz CT molecular complexity index is 4970. The van der Waals surface area contributed by atoms with E-state index in [0.29, 0.717) is 0 Å². The van der Waals surface area contributed by atoms with Crippen molar-refractivity contribution in [2.45, 2.75) is 105 Å². The number of fused-ring (bicyclic) bond motifs is 21. The SMILES string of the molecule is CC(C)(C)c1cc(-c2cc3c4c5c2c2ccccc2n5-c2ccccc2B4n2c4c-3cccc4c3c2c2cccc4c2n3B2c3ccccc3-n3c5ccccc5c5c(-c6cc(C(C)(C)C)cc(C(C)(C)C)c6)cc-4c2c53)cc(C(C)(C)C)c1. The minimum absolute atomic E-state index is 0.0391. The highest BCUT2D eigenvalue weighted by Crippen LogP contribution is 2.53. The van der Waals surface area contributed by atoms with Gasteiger partial charge in [-0.2, -0.15) is 0 Å². The maximum Gasteiger partial charge on any atom is 0.333 e. The average Bonchev–Trinajstić information content (AvgIpc) is 1.46. The summed E-state index contributed by atoms with van der Waals surface area (Å²) in [5.41, 5.74) is 34.1. The van der Waals surface area contributed by atoms with Crippen LogP contribution < -0.4 is 21.9 Å². The standard InChI is InChI=1S/C78H66B2N4/c1-75(2,3)45-35-43(36-46(39-45)76(4,5)6)55-41-57-49-25-21-27-53-69(49)83(79-59-29-15-19-33-63(59)81-61-31-17-13-23-51(61)65(55)73(81)67(57)79)72-54-28-22-26-50-58-42-56(44-37-47(77(7,8)9)40-48(38-44)78(10,11)12)66-52-24-14-18-32-62(52)82-64-34-20-16-30-60(64)80(68(58)74(66)82)84(70(50)54)71(53)72/h13-42H,1-12H3. The highest BCUT2D eigenvalue weighted by atomic mass is 15.1. The van der Waals surface area contributed by atoms with Crippen LogP contribution in [0.3, 0.4) is 0 Å². The average molecular weight is 1080 g/mol. The van der Waals surface area contributed by atoms with E-state index in [1.54, 1.807) is 0 Å². The zero-order chi connectivity index (χ0) is 57.2. The van der Waals surface area contributed by atoms with Gasteiger partial charge in [-0.25, -0.2) is 0 Å². The number of nitrogens with zero attached hydrogens (tertiary/aromatic N) is 4. The van der Waals surface area contributed by atoms with E-state index in [-0.39, 0.29) is 35.4 Å². The summed E-state index contributed by atoms with van der Waals surface area (Å²) in [5.74, 6) is 0. The van der Waals surface area contributed by atoms with E-state index in [9.17, 15) is 0 Å². The Labute approximate surface area is 492 Å². The first-order valence-electron chi connectivity index (χ1n) is 30.6. The van der Waals surface area contributed by atoms with Crippen LogP contribution in [-0.2, 0) is 21.7 Å². The number of para-hydroxylation sites is 6. The molecule has 0 saturated heterocycles. The van der Waals surface area contributed by atoms with Crippen molar-refractivity contribution < 1.29 is 0 Å². The Hall–Kier alpha value is -8.73. The molecular weight excluding hydrogens is 1010 g/mol. The lowest BCUT2D eigenvalue weighted by Crippen LogP contribution is -2.55. The lowest BCUT2D eigenvalue weighted by Gasteiger charge is -2.35. The minimum atomic E-state index is -0.0945. The van der Waals surface area contributed by atoms with E-state index in [0.717, 1.165) is 0 Å². The van der Waals surface area contributed by atoms with Gasteiger partial charge in [-0.05, 0) is 136 Å². The molecule has 10 aromatic carbocycles. The fraction of sp³-hybridized carbons (Fsp3) is 0.205. The fourth-order valence-electron chi connectivity index (χ4n) is 16.2. The van der Waals surface area contributed by atoms with Gasteiger partial charge in [0.1, 0.15) is 0 Å². The van der Waals surface area contributed by atoms with Crippen molar-refractivity contribution in [3.8, 4) is 55.9 Å². The van der Waals surface area contributed by atoms with Crippen molar-refractivity contribution in [3.05, 3.63) is 204 Å². The number of aromatic nitrogens is 4. The molecule has 0 atom stereocenters. The van der Waals surface area contributed by atoms with Crippen LogP contribution in [0.15, 0.2) is 182 Å². The molecule has 0 saturated carbocycles. The number of rotatable bonds is 2. The normalized spacial score (nSPS) is 14.1. The van der Waals surface area contributed by atoms with Gasteiger partial charge in [0.25, 0.3) is 0 Å². The molecule has 8 heterocycles. The summed E-state index contributed by atoms with van der Waals surface area (Å²) in [7, 11) is 0. The van der Waals surface area contributed by atoms with Crippen molar-refractivity contribution in [2.75, 3.05) is 0 Å². The highest BCUT2D eigenvalue weighted by molar-refractivity contribution is 6.92. The monoisotopic (exact) mass is 1080 g/mol. The third-order valence-electron chi connectivity index (χ3n) is 20.3. The van der Waals surface area contributed by atoms with E-state index >= 15 is 0 Å². The molecule has 4 aliphatic rings. The first kappa shape index (κ1) is 48.8. The van der Waals surface area contributed by atoms with Crippen LogP contribution in [-0.4, -0.2) is 31.8 Å². The van der Waals surface area contributed by atoms with Crippen LogP contribution >= 0.6 is 0 Å². The molecule has 0 spiro atoms. The van der Waals surface area contributed by atoms with Gasteiger partial charge >= 0.3 is 13.7 Å². The third-order valence-corrected chi connectivity index (χ3v) is 20.3. The second kappa shape index (κ2) is 15.7. The van der Waals surface area contributed by atoms with E-state index in [2.05, 4.69) is 283 Å². The molecule has 0 unspecified atom stereocenters. The molecule has 0 radical (unpaired) electrons. The minimum Gasteiger partial charge on any atom is -0.374 e. The van der Waals surface area contributed by atoms with Crippen LogP contribution in [0.4, 0.5) is 0 Å². The summed E-state index contributed by atoms with van der Waals surface area (Å²) in [6, 6.07) is 71.9. The molecule has 84 heavy (non-hydrogen) atoms. The number of hydrogen-bond donors (Lipinski definition) is 0. The summed E-state index contributed by atoms with van der Waals surface area (Å²) < 4.78 is 10.9. The second-order valence-corrected chi connectivity index (χ2v) is 29.3. The Morgan fingerprint density at radius 2 is 0.631 bits per heavy atom. The summed E-state index contributed by atoms with van der Waals surface area (Å²) in [4.78, 5) is 0. The summed E-state index contributed by atoms with van der Waals surface area (Å²) >= 11 is 0. The Kier molecular flexibility index (Phi) is 9.13. The van der Waals surface area contributed by atoms with Crippen LogP contribution in [0.1, 0.15) is 105 Å². The second-order valence-electron chi connectivity index (χ2n) is 29.3. The molecule has 404 valence electrons. The predicted octanol–water partition coefficient (Wildman–Crippen LogP) is 17.4. The van der Waals surface area contributed by atoms with E-state index in [4.69, 9.17) is 0 Å². The van der Waals surface area contributed by atoms with Gasteiger partial charge in [0.2, 0.25) is 0 Å². The maximum absolute atomic E-state index is 2.83. The van der Waals surface area contributed by atoms with Crippen molar-refractivity contribution in [1.82, 2.24) is 18.1 Å². The molecule has 0 amide bonds. The summed E-state index contributed by atoms with van der Waals surface area (Å²) in [5, 5.41) is 7.87. The number of benzene rings is 10. The first-order chi connectivity index (χ1) is 40.3. The lowest BCUT2D eigenvalue weighted by atomic mass is 9.45. The Morgan fingerprint density at radius 3 is 1.01 bits per heavy atom. The van der Waals surface area contributed by atoms with Crippen molar-refractivity contribution in [3.63, 3.8) is 0 Å².